The maximum absolute atomic E-state index is 5.74. The molecule has 3 rings (SSSR count). The molecule has 1 aromatic heterocycles. The Labute approximate surface area is 178 Å². The molecule has 0 unspecified atom stereocenters. The fraction of sp³-hybridized carbons (Fsp3) is 0.455. The van der Waals surface area contributed by atoms with E-state index in [-0.39, 0.29) is 0 Å². The summed E-state index contributed by atoms with van der Waals surface area (Å²) in [5, 5.41) is 6.62. The average Bonchev–Trinajstić information content (AvgIpc) is 2.79. The number of nitrogens with zero attached hydrogens (tertiary/aromatic N) is 4. The predicted molar refractivity (Wildman–Crippen MR) is 121 cm³/mol. The van der Waals surface area contributed by atoms with Crippen LogP contribution in [0.1, 0.15) is 5.56 Å². The van der Waals surface area contributed by atoms with Crippen LogP contribution in [0.3, 0.4) is 0 Å². The maximum Gasteiger partial charge on any atom is 0.191 e. The molecule has 0 bridgehead atoms. The lowest BCUT2D eigenvalue weighted by molar-refractivity contribution is 0.312. The number of hydrogen-bond acceptors (Lipinski definition) is 6. The average molecular weight is 413 g/mol. The standard InChI is InChI=1S/C22H32N6O2/c1-23-22(25-10-15-30-20-6-4-19(29-3)5-7-20)26-17-18-8-9-24-21(16-18)28-13-11-27(2)12-14-28/h4-9,16H,10-15,17H2,1-3H3,(H2,23,25,26). The number of pyridine rings is 1. The van der Waals surface area contributed by atoms with E-state index in [2.05, 4.69) is 43.5 Å². The number of guanidine groups is 1. The summed E-state index contributed by atoms with van der Waals surface area (Å²) in [5.41, 5.74) is 1.18. The molecule has 2 aromatic rings. The Bertz CT molecular complexity index is 804. The van der Waals surface area contributed by atoms with E-state index < -0.39 is 0 Å². The van der Waals surface area contributed by atoms with Crippen LogP contribution in [0.25, 0.3) is 0 Å². The normalized spacial score (nSPS) is 15.0. The van der Waals surface area contributed by atoms with Gasteiger partial charge in [-0.2, -0.15) is 0 Å². The zero-order chi connectivity index (χ0) is 21.2. The Morgan fingerprint density at radius 2 is 1.80 bits per heavy atom. The van der Waals surface area contributed by atoms with Crippen LogP contribution in [0.2, 0.25) is 0 Å². The van der Waals surface area contributed by atoms with Gasteiger partial charge >= 0.3 is 0 Å². The van der Waals surface area contributed by atoms with Crippen molar-refractivity contribution in [1.29, 1.82) is 0 Å². The Morgan fingerprint density at radius 1 is 1.07 bits per heavy atom. The fourth-order valence-electron chi connectivity index (χ4n) is 3.20. The minimum absolute atomic E-state index is 0.538. The Balaban J connectivity index is 1.41. The van der Waals surface area contributed by atoms with Gasteiger partial charge in [0.1, 0.15) is 23.9 Å². The van der Waals surface area contributed by atoms with Gasteiger partial charge in [-0.15, -0.1) is 0 Å². The van der Waals surface area contributed by atoms with E-state index in [4.69, 9.17) is 9.47 Å². The van der Waals surface area contributed by atoms with E-state index >= 15 is 0 Å². The van der Waals surface area contributed by atoms with Crippen LogP contribution < -0.4 is 25.0 Å². The van der Waals surface area contributed by atoms with Crippen LogP contribution in [0.15, 0.2) is 47.6 Å². The highest BCUT2D eigenvalue weighted by atomic mass is 16.5. The molecule has 1 aliphatic rings. The Hall–Kier alpha value is -3.00. The number of anilines is 1. The highest BCUT2D eigenvalue weighted by Crippen LogP contribution is 2.17. The number of piperazine rings is 1. The van der Waals surface area contributed by atoms with E-state index in [9.17, 15) is 0 Å². The third-order valence-corrected chi connectivity index (χ3v) is 5.04. The van der Waals surface area contributed by atoms with E-state index in [0.717, 1.165) is 49.5 Å². The van der Waals surface area contributed by atoms with E-state index in [0.29, 0.717) is 19.7 Å². The fourth-order valence-corrected chi connectivity index (χ4v) is 3.20. The van der Waals surface area contributed by atoms with Crippen molar-refractivity contribution in [3.05, 3.63) is 48.2 Å². The Kier molecular flexibility index (Phi) is 8.14. The monoisotopic (exact) mass is 412 g/mol. The number of aromatic nitrogens is 1. The molecule has 30 heavy (non-hydrogen) atoms. The topological polar surface area (TPSA) is 74.2 Å². The summed E-state index contributed by atoms with van der Waals surface area (Å²) in [6.07, 6.45) is 1.88. The summed E-state index contributed by atoms with van der Waals surface area (Å²) < 4.78 is 10.9. The summed E-state index contributed by atoms with van der Waals surface area (Å²) in [7, 11) is 5.57. The van der Waals surface area contributed by atoms with E-state index in [1.165, 1.54) is 5.56 Å². The maximum atomic E-state index is 5.74. The number of aliphatic imine (C=N–C) groups is 1. The summed E-state index contributed by atoms with van der Waals surface area (Å²) in [4.78, 5) is 13.5. The van der Waals surface area contributed by atoms with Crippen molar-refractivity contribution in [2.45, 2.75) is 6.54 Å². The summed E-state index contributed by atoms with van der Waals surface area (Å²) in [6, 6.07) is 11.7. The number of nitrogens with one attached hydrogen (secondary N) is 2. The predicted octanol–water partition coefficient (Wildman–Crippen LogP) is 1.59. The number of benzene rings is 1. The van der Waals surface area contributed by atoms with E-state index in [1.807, 2.05) is 36.5 Å². The molecule has 1 aromatic carbocycles. The second kappa shape index (κ2) is 11.3. The van der Waals surface area contributed by atoms with Gasteiger partial charge in [0.05, 0.1) is 13.7 Å². The van der Waals surface area contributed by atoms with Crippen LogP contribution in [0, 0.1) is 0 Å². The van der Waals surface area contributed by atoms with E-state index in [1.54, 1.807) is 14.2 Å². The lowest BCUT2D eigenvalue weighted by Crippen LogP contribution is -2.44. The minimum Gasteiger partial charge on any atom is -0.497 e. The quantitative estimate of drug-likeness (QED) is 0.387. The molecule has 8 heteroatoms. The molecule has 0 spiro atoms. The molecular formula is C22H32N6O2. The number of methoxy groups -OCH3 is 1. The molecule has 0 atom stereocenters. The molecule has 2 heterocycles. The third-order valence-electron chi connectivity index (χ3n) is 5.04. The van der Waals surface area contributed by atoms with Crippen molar-refractivity contribution in [2.24, 2.45) is 4.99 Å². The highest BCUT2D eigenvalue weighted by molar-refractivity contribution is 5.79. The number of ether oxygens (including phenoxy) is 2. The molecule has 162 valence electrons. The van der Waals surface area contributed by atoms with Crippen molar-refractivity contribution >= 4 is 11.8 Å². The number of likely N-dealkylation sites (N-methyl/N-ethyl adjacent to an activating group) is 1. The third kappa shape index (κ3) is 6.52. The molecule has 8 nitrogen and oxygen atoms in total. The van der Waals surface area contributed by atoms with Crippen LogP contribution in [0.4, 0.5) is 5.82 Å². The van der Waals surface area contributed by atoms with Crippen LogP contribution in [0.5, 0.6) is 11.5 Å². The second-order valence-electron chi connectivity index (χ2n) is 7.19. The first kappa shape index (κ1) is 21.7. The first-order valence-corrected chi connectivity index (χ1v) is 10.3. The smallest absolute Gasteiger partial charge is 0.191 e. The summed E-state index contributed by atoms with van der Waals surface area (Å²) in [5.74, 6) is 3.41. The highest BCUT2D eigenvalue weighted by Gasteiger charge is 2.15. The van der Waals surface area contributed by atoms with Crippen molar-refractivity contribution in [2.75, 3.05) is 65.4 Å². The van der Waals surface area contributed by atoms with Gasteiger partial charge in [-0.05, 0) is 49.0 Å². The molecular weight excluding hydrogens is 380 g/mol. The first-order valence-electron chi connectivity index (χ1n) is 10.3. The van der Waals surface area contributed by atoms with Crippen molar-refractivity contribution < 1.29 is 9.47 Å². The lowest BCUT2D eigenvalue weighted by Gasteiger charge is -2.33. The van der Waals surface area contributed by atoms with Gasteiger partial charge < -0.3 is 29.9 Å². The zero-order valence-corrected chi connectivity index (χ0v) is 18.1. The molecule has 1 aliphatic heterocycles. The second-order valence-corrected chi connectivity index (χ2v) is 7.19. The summed E-state index contributed by atoms with van der Waals surface area (Å²) >= 11 is 0. The molecule has 0 aliphatic carbocycles. The molecule has 0 amide bonds. The van der Waals surface area contributed by atoms with Gasteiger partial charge in [-0.1, -0.05) is 0 Å². The lowest BCUT2D eigenvalue weighted by atomic mass is 10.2. The van der Waals surface area contributed by atoms with Gasteiger partial charge in [0.25, 0.3) is 0 Å². The summed E-state index contributed by atoms with van der Waals surface area (Å²) in [6.45, 7) is 6.03. The van der Waals surface area contributed by atoms with Gasteiger partial charge in [0, 0.05) is 46.0 Å². The van der Waals surface area contributed by atoms with Gasteiger partial charge in [0.15, 0.2) is 5.96 Å². The number of hydrogen-bond donors (Lipinski definition) is 2. The molecule has 1 fully saturated rings. The van der Waals surface area contributed by atoms with Gasteiger partial charge in [-0.25, -0.2) is 4.98 Å². The van der Waals surface area contributed by atoms with Crippen molar-refractivity contribution in [3.63, 3.8) is 0 Å². The van der Waals surface area contributed by atoms with Crippen molar-refractivity contribution in [1.82, 2.24) is 20.5 Å². The molecule has 1 saturated heterocycles. The molecule has 0 radical (unpaired) electrons. The minimum atomic E-state index is 0.538. The Morgan fingerprint density at radius 3 is 2.50 bits per heavy atom. The molecule has 2 N–H and O–H groups in total. The van der Waals surface area contributed by atoms with Crippen LogP contribution in [-0.2, 0) is 6.54 Å². The van der Waals surface area contributed by atoms with Crippen LogP contribution >= 0.6 is 0 Å². The number of rotatable bonds is 8. The largest absolute Gasteiger partial charge is 0.497 e. The van der Waals surface area contributed by atoms with Crippen molar-refractivity contribution in [3.8, 4) is 11.5 Å². The molecule has 0 saturated carbocycles. The zero-order valence-electron chi connectivity index (χ0n) is 18.1. The van der Waals surface area contributed by atoms with Gasteiger partial charge in [0.2, 0.25) is 0 Å². The SMILES string of the molecule is CN=C(NCCOc1ccc(OC)cc1)NCc1ccnc(N2CCN(C)CC2)c1. The van der Waals surface area contributed by atoms with Crippen LogP contribution in [-0.4, -0.2) is 76.4 Å². The first-order chi connectivity index (χ1) is 14.7. The van der Waals surface area contributed by atoms with Gasteiger partial charge in [-0.3, -0.25) is 4.99 Å².